The van der Waals surface area contributed by atoms with Crippen LogP contribution in [0.4, 0.5) is 5.69 Å². The van der Waals surface area contributed by atoms with E-state index < -0.39 is 0 Å². The molecule has 5 heteroatoms. The molecule has 19 heavy (non-hydrogen) atoms. The molecule has 1 aromatic carbocycles. The van der Waals surface area contributed by atoms with Crippen LogP contribution in [0.1, 0.15) is 38.3 Å². The first-order valence-electron chi connectivity index (χ1n) is 6.67. The smallest absolute Gasteiger partial charge is 0.269 e. The number of nitrogens with zero attached hydrogens (tertiary/aromatic N) is 1. The quantitative estimate of drug-likeness (QED) is 0.560. The molecule has 0 saturated heterocycles. The van der Waals surface area contributed by atoms with Crippen molar-refractivity contribution in [1.29, 1.82) is 0 Å². The first-order chi connectivity index (χ1) is 9.08. The fraction of sp³-hybridized carbons (Fsp3) is 0.571. The molecule has 0 aromatic heterocycles. The third kappa shape index (κ3) is 4.96. The molecule has 0 aliphatic carbocycles. The number of rotatable bonds is 8. The molecule has 0 saturated carbocycles. The highest BCUT2D eigenvalue weighted by Crippen LogP contribution is 2.19. The van der Waals surface area contributed by atoms with Gasteiger partial charge in [-0.05, 0) is 31.4 Å². The summed E-state index contributed by atoms with van der Waals surface area (Å²) in [6.45, 7) is 5.09. The van der Waals surface area contributed by atoms with Crippen LogP contribution < -0.4 is 5.32 Å². The topological polar surface area (TPSA) is 75.4 Å². The highest BCUT2D eigenvalue weighted by atomic mass is 16.6. The average Bonchev–Trinajstić information content (AvgIpc) is 2.43. The van der Waals surface area contributed by atoms with E-state index >= 15 is 0 Å². The number of non-ortho nitro benzene ring substituents is 1. The Morgan fingerprint density at radius 1 is 1.47 bits per heavy atom. The summed E-state index contributed by atoms with van der Waals surface area (Å²) < 4.78 is 0. The lowest BCUT2D eigenvalue weighted by atomic mass is 10.0. The Morgan fingerprint density at radius 3 is 2.79 bits per heavy atom. The Bertz CT molecular complexity index is 409. The van der Waals surface area contributed by atoms with Gasteiger partial charge in [0.25, 0.3) is 5.69 Å². The first-order valence-corrected chi connectivity index (χ1v) is 6.67. The molecule has 2 atom stereocenters. The van der Waals surface area contributed by atoms with Gasteiger partial charge in [-0.15, -0.1) is 0 Å². The molecule has 1 rings (SSSR count). The Labute approximate surface area is 113 Å². The monoisotopic (exact) mass is 266 g/mol. The molecule has 0 bridgehead atoms. The standard InChI is InChI=1S/C14H22N2O3/c1-3-12(7-8-17)10-15-11(2)13-5-4-6-14(9-13)16(18)19/h4-6,9,11-12,15,17H,3,7-8,10H2,1-2H3. The van der Waals surface area contributed by atoms with Crippen molar-refractivity contribution in [2.75, 3.05) is 13.2 Å². The summed E-state index contributed by atoms with van der Waals surface area (Å²) in [5.74, 6) is 0.436. The summed E-state index contributed by atoms with van der Waals surface area (Å²) in [5, 5.41) is 23.0. The van der Waals surface area contributed by atoms with E-state index in [2.05, 4.69) is 12.2 Å². The molecular weight excluding hydrogens is 244 g/mol. The van der Waals surface area contributed by atoms with Crippen LogP contribution in [0.5, 0.6) is 0 Å². The number of nitro groups is 1. The molecule has 5 nitrogen and oxygen atoms in total. The number of hydrogen-bond donors (Lipinski definition) is 2. The summed E-state index contributed by atoms with van der Waals surface area (Å²) >= 11 is 0. The fourth-order valence-corrected chi connectivity index (χ4v) is 2.00. The Morgan fingerprint density at radius 2 is 2.21 bits per heavy atom. The van der Waals surface area contributed by atoms with E-state index in [-0.39, 0.29) is 23.3 Å². The lowest BCUT2D eigenvalue weighted by Crippen LogP contribution is -2.26. The molecule has 106 valence electrons. The van der Waals surface area contributed by atoms with Crippen LogP contribution >= 0.6 is 0 Å². The van der Waals surface area contributed by atoms with Crippen LogP contribution in [0.2, 0.25) is 0 Å². The predicted molar refractivity (Wildman–Crippen MR) is 75.0 cm³/mol. The van der Waals surface area contributed by atoms with Crippen molar-refractivity contribution in [2.45, 2.75) is 32.7 Å². The third-order valence-corrected chi connectivity index (χ3v) is 3.41. The van der Waals surface area contributed by atoms with E-state index in [1.54, 1.807) is 12.1 Å². The second-order valence-electron chi connectivity index (χ2n) is 4.77. The SMILES string of the molecule is CCC(CCO)CNC(C)c1cccc([N+](=O)[O-])c1. The van der Waals surface area contributed by atoms with Crippen molar-refractivity contribution in [3.8, 4) is 0 Å². The maximum atomic E-state index is 10.7. The highest BCUT2D eigenvalue weighted by molar-refractivity contribution is 5.35. The van der Waals surface area contributed by atoms with E-state index in [0.29, 0.717) is 5.92 Å². The molecular formula is C14H22N2O3. The van der Waals surface area contributed by atoms with Gasteiger partial charge in [-0.2, -0.15) is 0 Å². The maximum absolute atomic E-state index is 10.7. The van der Waals surface area contributed by atoms with E-state index in [9.17, 15) is 10.1 Å². The highest BCUT2D eigenvalue weighted by Gasteiger charge is 2.12. The molecule has 0 amide bonds. The molecule has 0 fully saturated rings. The van der Waals surface area contributed by atoms with Crippen LogP contribution in [0.25, 0.3) is 0 Å². The lowest BCUT2D eigenvalue weighted by Gasteiger charge is -2.19. The minimum Gasteiger partial charge on any atom is -0.396 e. The van der Waals surface area contributed by atoms with Crippen LogP contribution in [-0.4, -0.2) is 23.2 Å². The van der Waals surface area contributed by atoms with Gasteiger partial charge in [-0.25, -0.2) is 0 Å². The Kier molecular flexibility index (Phi) is 6.45. The maximum Gasteiger partial charge on any atom is 0.269 e. The normalized spacial score (nSPS) is 14.1. The molecule has 0 aliphatic rings. The van der Waals surface area contributed by atoms with Crippen LogP contribution in [0.15, 0.2) is 24.3 Å². The second kappa shape index (κ2) is 7.86. The number of benzene rings is 1. The van der Waals surface area contributed by atoms with Gasteiger partial charge in [0.05, 0.1) is 4.92 Å². The number of hydrogen-bond acceptors (Lipinski definition) is 4. The Hall–Kier alpha value is -1.46. The average molecular weight is 266 g/mol. The lowest BCUT2D eigenvalue weighted by molar-refractivity contribution is -0.384. The number of nitrogens with one attached hydrogen (secondary N) is 1. The summed E-state index contributed by atoms with van der Waals surface area (Å²) in [5.41, 5.74) is 1.03. The third-order valence-electron chi connectivity index (χ3n) is 3.41. The van der Waals surface area contributed by atoms with Gasteiger partial charge < -0.3 is 10.4 Å². The van der Waals surface area contributed by atoms with Crippen molar-refractivity contribution in [2.24, 2.45) is 5.92 Å². The van der Waals surface area contributed by atoms with E-state index in [4.69, 9.17) is 5.11 Å². The number of nitro benzene ring substituents is 1. The second-order valence-corrected chi connectivity index (χ2v) is 4.77. The van der Waals surface area contributed by atoms with E-state index in [1.807, 2.05) is 13.0 Å². The van der Waals surface area contributed by atoms with Gasteiger partial charge >= 0.3 is 0 Å². The van der Waals surface area contributed by atoms with Crippen LogP contribution in [-0.2, 0) is 0 Å². The number of aliphatic hydroxyl groups is 1. The van der Waals surface area contributed by atoms with Crippen molar-refractivity contribution < 1.29 is 10.0 Å². The Balaban J connectivity index is 2.60. The van der Waals surface area contributed by atoms with Gasteiger partial charge in [0, 0.05) is 24.8 Å². The molecule has 2 N–H and O–H groups in total. The van der Waals surface area contributed by atoms with E-state index in [0.717, 1.165) is 24.9 Å². The largest absolute Gasteiger partial charge is 0.396 e. The zero-order chi connectivity index (χ0) is 14.3. The molecule has 0 radical (unpaired) electrons. The minimum atomic E-state index is -0.378. The summed E-state index contributed by atoms with van der Waals surface area (Å²) in [6.07, 6.45) is 1.79. The molecule has 1 aromatic rings. The molecule has 2 unspecified atom stereocenters. The van der Waals surface area contributed by atoms with Gasteiger partial charge in [-0.1, -0.05) is 25.5 Å². The van der Waals surface area contributed by atoms with Gasteiger partial charge in [0.15, 0.2) is 0 Å². The molecule has 0 heterocycles. The van der Waals surface area contributed by atoms with Gasteiger partial charge in [0.2, 0.25) is 0 Å². The van der Waals surface area contributed by atoms with Crippen molar-refractivity contribution in [1.82, 2.24) is 5.32 Å². The van der Waals surface area contributed by atoms with Crippen LogP contribution in [0.3, 0.4) is 0 Å². The summed E-state index contributed by atoms with van der Waals surface area (Å²) in [6, 6.07) is 6.75. The molecule has 0 aliphatic heterocycles. The van der Waals surface area contributed by atoms with Crippen molar-refractivity contribution in [3.05, 3.63) is 39.9 Å². The fourth-order valence-electron chi connectivity index (χ4n) is 2.00. The predicted octanol–water partition coefficient (Wildman–Crippen LogP) is 2.65. The summed E-state index contributed by atoms with van der Waals surface area (Å²) in [4.78, 5) is 10.4. The summed E-state index contributed by atoms with van der Waals surface area (Å²) in [7, 11) is 0. The first kappa shape index (κ1) is 15.6. The number of aliphatic hydroxyl groups excluding tert-OH is 1. The van der Waals surface area contributed by atoms with E-state index in [1.165, 1.54) is 6.07 Å². The zero-order valence-electron chi connectivity index (χ0n) is 11.5. The van der Waals surface area contributed by atoms with Gasteiger partial charge in [0.1, 0.15) is 0 Å². The van der Waals surface area contributed by atoms with Crippen molar-refractivity contribution >= 4 is 5.69 Å². The zero-order valence-corrected chi connectivity index (χ0v) is 11.5. The van der Waals surface area contributed by atoms with Crippen molar-refractivity contribution in [3.63, 3.8) is 0 Å². The minimum absolute atomic E-state index is 0.0626. The van der Waals surface area contributed by atoms with Crippen LogP contribution in [0, 0.1) is 16.0 Å². The molecule has 0 spiro atoms. The van der Waals surface area contributed by atoms with Gasteiger partial charge in [-0.3, -0.25) is 10.1 Å².